The van der Waals surface area contributed by atoms with Gasteiger partial charge in [-0.05, 0) is 18.6 Å². The molecule has 4 nitrogen and oxygen atoms in total. The van der Waals surface area contributed by atoms with Gasteiger partial charge in [0.2, 0.25) is 0 Å². The third-order valence-electron chi connectivity index (χ3n) is 2.70. The van der Waals surface area contributed by atoms with Crippen molar-refractivity contribution in [1.29, 1.82) is 0 Å². The molecule has 1 aromatic heterocycles. The average Bonchev–Trinajstić information content (AvgIpc) is 2.31. The molecule has 0 spiro atoms. The Balaban J connectivity index is 1.94. The summed E-state index contributed by atoms with van der Waals surface area (Å²) in [4.78, 5) is 6.64. The third-order valence-corrected chi connectivity index (χ3v) is 2.70. The molecule has 1 fully saturated rings. The van der Waals surface area contributed by atoms with Crippen LogP contribution in [0.1, 0.15) is 12.5 Å². The molecule has 2 heterocycles. The van der Waals surface area contributed by atoms with Crippen LogP contribution in [0.2, 0.25) is 0 Å². The summed E-state index contributed by atoms with van der Waals surface area (Å²) in [6.45, 7) is 8.03. The lowest BCUT2D eigenvalue weighted by atomic mass is 10.2. The molecule has 0 atom stereocenters. The lowest BCUT2D eigenvalue weighted by Gasteiger charge is -2.27. The van der Waals surface area contributed by atoms with Crippen LogP contribution in [0.15, 0.2) is 18.5 Å². The summed E-state index contributed by atoms with van der Waals surface area (Å²) in [5, 5.41) is 3.35. The van der Waals surface area contributed by atoms with Crippen molar-refractivity contribution in [3.8, 4) is 5.75 Å². The molecule has 1 aliphatic rings. The van der Waals surface area contributed by atoms with Crippen LogP contribution in [0.4, 0.5) is 0 Å². The number of ether oxygens (including phenoxy) is 1. The number of hydrogen-bond acceptors (Lipinski definition) is 4. The van der Waals surface area contributed by atoms with E-state index in [1.807, 2.05) is 13.1 Å². The summed E-state index contributed by atoms with van der Waals surface area (Å²) in [6, 6.07) is 2.08. The smallest absolute Gasteiger partial charge is 0.137 e. The van der Waals surface area contributed by atoms with Crippen molar-refractivity contribution in [3.63, 3.8) is 0 Å². The van der Waals surface area contributed by atoms with Crippen molar-refractivity contribution >= 4 is 0 Å². The van der Waals surface area contributed by atoms with Crippen molar-refractivity contribution < 1.29 is 4.74 Å². The molecule has 0 radical (unpaired) electrons. The summed E-state index contributed by atoms with van der Waals surface area (Å²) in [5.41, 5.74) is 1.23. The second-order valence-corrected chi connectivity index (χ2v) is 3.99. The molecule has 1 N–H and O–H groups in total. The van der Waals surface area contributed by atoms with Crippen molar-refractivity contribution in [2.75, 3.05) is 32.8 Å². The molecule has 1 aromatic rings. The number of pyridine rings is 1. The number of rotatable bonds is 4. The summed E-state index contributed by atoms with van der Waals surface area (Å²) >= 11 is 0. The summed E-state index contributed by atoms with van der Waals surface area (Å²) in [7, 11) is 0. The quantitative estimate of drug-likeness (QED) is 0.819. The Bertz CT molecular complexity index is 324. The second-order valence-electron chi connectivity index (χ2n) is 3.99. The number of piperazine rings is 1. The molecular formula is C12H19N3O. The first-order chi connectivity index (χ1) is 7.88. The Morgan fingerprint density at radius 2 is 2.19 bits per heavy atom. The van der Waals surface area contributed by atoms with E-state index in [1.165, 1.54) is 5.56 Å². The minimum absolute atomic E-state index is 0.693. The van der Waals surface area contributed by atoms with Gasteiger partial charge < -0.3 is 10.1 Å². The molecule has 88 valence electrons. The lowest BCUT2D eigenvalue weighted by Crippen LogP contribution is -2.42. The standard InChI is InChI=1S/C12H19N3O/c1-2-16-12-7-11(8-14-9-12)10-15-5-3-13-4-6-15/h7-9,13H,2-6,10H2,1H3. The van der Waals surface area contributed by atoms with Crippen LogP contribution < -0.4 is 10.1 Å². The average molecular weight is 221 g/mol. The highest BCUT2D eigenvalue weighted by Gasteiger charge is 2.10. The van der Waals surface area contributed by atoms with Crippen LogP contribution in [-0.2, 0) is 6.54 Å². The Hall–Kier alpha value is -1.13. The van der Waals surface area contributed by atoms with Gasteiger partial charge in [0.1, 0.15) is 5.75 Å². The number of aromatic nitrogens is 1. The van der Waals surface area contributed by atoms with E-state index in [0.29, 0.717) is 6.61 Å². The molecular weight excluding hydrogens is 202 g/mol. The van der Waals surface area contributed by atoms with E-state index in [4.69, 9.17) is 4.74 Å². The van der Waals surface area contributed by atoms with E-state index >= 15 is 0 Å². The normalized spacial score (nSPS) is 17.3. The van der Waals surface area contributed by atoms with Gasteiger partial charge in [0.15, 0.2) is 0 Å². The molecule has 16 heavy (non-hydrogen) atoms. The van der Waals surface area contributed by atoms with Crippen molar-refractivity contribution in [2.24, 2.45) is 0 Å². The zero-order valence-electron chi connectivity index (χ0n) is 9.78. The molecule has 0 amide bonds. The third kappa shape index (κ3) is 3.18. The van der Waals surface area contributed by atoms with E-state index in [-0.39, 0.29) is 0 Å². The maximum atomic E-state index is 5.44. The summed E-state index contributed by atoms with van der Waals surface area (Å²) in [5.74, 6) is 0.870. The number of nitrogens with one attached hydrogen (secondary N) is 1. The second kappa shape index (κ2) is 5.82. The van der Waals surface area contributed by atoms with E-state index in [2.05, 4.69) is 21.3 Å². The highest BCUT2D eigenvalue weighted by molar-refractivity contribution is 5.23. The van der Waals surface area contributed by atoms with Gasteiger partial charge in [-0.15, -0.1) is 0 Å². The van der Waals surface area contributed by atoms with Crippen LogP contribution in [0.25, 0.3) is 0 Å². The lowest BCUT2D eigenvalue weighted by molar-refractivity contribution is 0.232. The summed E-state index contributed by atoms with van der Waals surface area (Å²) in [6.07, 6.45) is 3.69. The largest absolute Gasteiger partial charge is 0.492 e. The fraction of sp³-hybridized carbons (Fsp3) is 0.583. The van der Waals surface area contributed by atoms with Gasteiger partial charge in [-0.1, -0.05) is 0 Å². The van der Waals surface area contributed by atoms with Crippen LogP contribution in [-0.4, -0.2) is 42.7 Å². The molecule has 0 aromatic carbocycles. The molecule has 4 heteroatoms. The molecule has 0 saturated carbocycles. The van der Waals surface area contributed by atoms with E-state index in [0.717, 1.165) is 38.5 Å². The maximum Gasteiger partial charge on any atom is 0.137 e. The molecule has 1 saturated heterocycles. The van der Waals surface area contributed by atoms with Gasteiger partial charge in [-0.3, -0.25) is 9.88 Å². The Kier molecular flexibility index (Phi) is 4.13. The minimum atomic E-state index is 0.693. The van der Waals surface area contributed by atoms with Gasteiger partial charge in [0.25, 0.3) is 0 Å². The fourth-order valence-corrected chi connectivity index (χ4v) is 1.92. The van der Waals surface area contributed by atoms with E-state index < -0.39 is 0 Å². The first kappa shape index (κ1) is 11.4. The molecule has 0 aliphatic carbocycles. The topological polar surface area (TPSA) is 37.4 Å². The fourth-order valence-electron chi connectivity index (χ4n) is 1.92. The van der Waals surface area contributed by atoms with Crippen LogP contribution in [0.3, 0.4) is 0 Å². The highest BCUT2D eigenvalue weighted by atomic mass is 16.5. The molecule has 1 aliphatic heterocycles. The summed E-state index contributed by atoms with van der Waals surface area (Å²) < 4.78 is 5.44. The van der Waals surface area contributed by atoms with Crippen LogP contribution in [0.5, 0.6) is 5.75 Å². The predicted octanol–water partition coefficient (Wildman–Crippen LogP) is 0.885. The van der Waals surface area contributed by atoms with E-state index in [1.54, 1.807) is 6.20 Å². The van der Waals surface area contributed by atoms with Crippen molar-refractivity contribution in [3.05, 3.63) is 24.0 Å². The van der Waals surface area contributed by atoms with Gasteiger partial charge >= 0.3 is 0 Å². The Labute approximate surface area is 96.6 Å². The zero-order valence-corrected chi connectivity index (χ0v) is 9.78. The van der Waals surface area contributed by atoms with Gasteiger partial charge in [0, 0.05) is 38.9 Å². The molecule has 0 bridgehead atoms. The Morgan fingerprint density at radius 3 is 2.94 bits per heavy atom. The SMILES string of the molecule is CCOc1cncc(CN2CCNCC2)c1. The van der Waals surface area contributed by atoms with Gasteiger partial charge in [-0.25, -0.2) is 0 Å². The number of hydrogen-bond donors (Lipinski definition) is 1. The van der Waals surface area contributed by atoms with Crippen LogP contribution in [0, 0.1) is 0 Å². The Morgan fingerprint density at radius 1 is 1.38 bits per heavy atom. The number of nitrogens with zero attached hydrogens (tertiary/aromatic N) is 2. The first-order valence-corrected chi connectivity index (χ1v) is 5.88. The van der Waals surface area contributed by atoms with Crippen molar-refractivity contribution in [1.82, 2.24) is 15.2 Å². The zero-order chi connectivity index (χ0) is 11.2. The minimum Gasteiger partial charge on any atom is -0.492 e. The van der Waals surface area contributed by atoms with Gasteiger partial charge in [-0.2, -0.15) is 0 Å². The monoisotopic (exact) mass is 221 g/mol. The highest BCUT2D eigenvalue weighted by Crippen LogP contribution is 2.13. The van der Waals surface area contributed by atoms with Crippen molar-refractivity contribution in [2.45, 2.75) is 13.5 Å². The first-order valence-electron chi connectivity index (χ1n) is 5.88. The van der Waals surface area contributed by atoms with Crippen LogP contribution >= 0.6 is 0 Å². The van der Waals surface area contributed by atoms with E-state index in [9.17, 15) is 0 Å². The molecule has 0 unspecified atom stereocenters. The maximum absolute atomic E-state index is 5.44. The molecule has 2 rings (SSSR count). The predicted molar refractivity (Wildman–Crippen MR) is 63.6 cm³/mol. The van der Waals surface area contributed by atoms with Gasteiger partial charge in [0.05, 0.1) is 12.8 Å².